The molecule has 1 fully saturated rings. The zero-order valence-electron chi connectivity index (χ0n) is 13.9. The normalized spacial score (nSPS) is 23.0. The molecule has 3 aliphatic rings. The molecule has 4 heterocycles. The number of aliphatic imine (C=N–C) groups is 1. The lowest BCUT2D eigenvalue weighted by molar-refractivity contribution is -0.132. The van der Waals surface area contributed by atoms with Gasteiger partial charge in [0.1, 0.15) is 6.04 Å². The second-order valence-electron chi connectivity index (χ2n) is 6.61. The SMILES string of the molecule is CC(C)c1noc([C@@H]2CCCN2C(=O)CC2=CSC3=NCCN23)n1. The number of amidine groups is 1. The van der Waals surface area contributed by atoms with Gasteiger partial charge in [-0.3, -0.25) is 9.79 Å². The summed E-state index contributed by atoms with van der Waals surface area (Å²) >= 11 is 1.61. The number of carbonyl (C=O) groups excluding carboxylic acids is 1. The van der Waals surface area contributed by atoms with Crippen molar-refractivity contribution in [3.8, 4) is 0 Å². The topological polar surface area (TPSA) is 74.8 Å². The highest BCUT2D eigenvalue weighted by molar-refractivity contribution is 8.16. The molecular formula is C16H21N5O2S. The summed E-state index contributed by atoms with van der Waals surface area (Å²) in [6, 6.07) is -0.0844. The minimum absolute atomic E-state index is 0.0844. The maximum absolute atomic E-state index is 12.8. The maximum Gasteiger partial charge on any atom is 0.249 e. The molecule has 8 heteroatoms. The zero-order valence-corrected chi connectivity index (χ0v) is 14.8. The molecule has 0 unspecified atom stereocenters. The highest BCUT2D eigenvalue weighted by Crippen LogP contribution is 2.35. The van der Waals surface area contributed by atoms with Crippen LogP contribution in [0.2, 0.25) is 0 Å². The molecule has 1 aromatic heterocycles. The third-order valence-electron chi connectivity index (χ3n) is 4.61. The number of aromatic nitrogens is 2. The van der Waals surface area contributed by atoms with Crippen molar-refractivity contribution in [1.82, 2.24) is 19.9 Å². The van der Waals surface area contributed by atoms with Crippen LogP contribution in [0.4, 0.5) is 0 Å². The average molecular weight is 347 g/mol. The van der Waals surface area contributed by atoms with Crippen molar-refractivity contribution in [1.29, 1.82) is 0 Å². The van der Waals surface area contributed by atoms with Crippen LogP contribution in [0.5, 0.6) is 0 Å². The van der Waals surface area contributed by atoms with Gasteiger partial charge in [-0.1, -0.05) is 30.8 Å². The lowest BCUT2D eigenvalue weighted by atomic mass is 10.2. The van der Waals surface area contributed by atoms with Crippen LogP contribution in [0.25, 0.3) is 0 Å². The van der Waals surface area contributed by atoms with Gasteiger partial charge in [-0.25, -0.2) is 0 Å². The van der Waals surface area contributed by atoms with E-state index in [1.54, 1.807) is 11.8 Å². The zero-order chi connectivity index (χ0) is 16.7. The van der Waals surface area contributed by atoms with Crippen molar-refractivity contribution in [3.05, 3.63) is 22.8 Å². The van der Waals surface area contributed by atoms with Crippen molar-refractivity contribution < 1.29 is 9.32 Å². The lowest BCUT2D eigenvalue weighted by Gasteiger charge is -2.24. The lowest BCUT2D eigenvalue weighted by Crippen LogP contribution is -2.33. The monoisotopic (exact) mass is 347 g/mol. The quantitative estimate of drug-likeness (QED) is 0.833. The molecule has 7 nitrogen and oxygen atoms in total. The van der Waals surface area contributed by atoms with Gasteiger partial charge in [0, 0.05) is 24.7 Å². The molecule has 0 N–H and O–H groups in total. The van der Waals surface area contributed by atoms with Crippen molar-refractivity contribution in [2.45, 2.75) is 45.1 Å². The molecule has 0 spiro atoms. The summed E-state index contributed by atoms with van der Waals surface area (Å²) in [5.41, 5.74) is 1.06. The number of hydrogen-bond donors (Lipinski definition) is 0. The third kappa shape index (κ3) is 2.72. The Hall–Kier alpha value is -1.83. The predicted octanol–water partition coefficient (Wildman–Crippen LogP) is 2.51. The van der Waals surface area contributed by atoms with E-state index in [4.69, 9.17) is 4.52 Å². The van der Waals surface area contributed by atoms with Crippen molar-refractivity contribution >= 4 is 22.8 Å². The number of hydrogen-bond acceptors (Lipinski definition) is 7. The van der Waals surface area contributed by atoms with E-state index in [-0.39, 0.29) is 17.9 Å². The number of fused-ring (bicyclic) bond motifs is 1. The van der Waals surface area contributed by atoms with Crippen LogP contribution in [0.3, 0.4) is 0 Å². The molecule has 1 saturated heterocycles. The average Bonchev–Trinajstić information content (AvgIpc) is 3.32. The van der Waals surface area contributed by atoms with E-state index < -0.39 is 0 Å². The number of likely N-dealkylation sites (tertiary alicyclic amines) is 1. The Morgan fingerprint density at radius 1 is 1.46 bits per heavy atom. The van der Waals surface area contributed by atoms with Gasteiger partial charge in [-0.15, -0.1) is 0 Å². The summed E-state index contributed by atoms with van der Waals surface area (Å²) in [6.07, 6.45) is 2.27. The molecule has 1 amide bonds. The van der Waals surface area contributed by atoms with Gasteiger partial charge in [-0.05, 0) is 18.2 Å². The van der Waals surface area contributed by atoms with E-state index in [1.807, 2.05) is 24.2 Å². The smallest absolute Gasteiger partial charge is 0.249 e. The van der Waals surface area contributed by atoms with Crippen molar-refractivity contribution in [2.24, 2.45) is 4.99 Å². The Kier molecular flexibility index (Phi) is 4.07. The molecule has 1 aromatic rings. The van der Waals surface area contributed by atoms with Crippen LogP contribution in [0.1, 0.15) is 56.8 Å². The first-order chi connectivity index (χ1) is 11.6. The first kappa shape index (κ1) is 15.7. The van der Waals surface area contributed by atoms with Gasteiger partial charge < -0.3 is 14.3 Å². The molecule has 1 atom stereocenters. The summed E-state index contributed by atoms with van der Waals surface area (Å²) < 4.78 is 5.43. The fourth-order valence-corrected chi connectivity index (χ4v) is 4.26. The Bertz CT molecular complexity index is 711. The number of thioether (sulfide) groups is 1. The van der Waals surface area contributed by atoms with E-state index in [1.165, 1.54) is 0 Å². The van der Waals surface area contributed by atoms with E-state index in [0.717, 1.165) is 43.3 Å². The fraction of sp³-hybridized carbons (Fsp3) is 0.625. The van der Waals surface area contributed by atoms with Crippen LogP contribution in [-0.4, -0.2) is 50.6 Å². The first-order valence-corrected chi connectivity index (χ1v) is 9.32. The highest BCUT2D eigenvalue weighted by Gasteiger charge is 2.36. The van der Waals surface area contributed by atoms with Gasteiger partial charge in [0.2, 0.25) is 11.8 Å². The predicted molar refractivity (Wildman–Crippen MR) is 91.4 cm³/mol. The van der Waals surface area contributed by atoms with Crippen LogP contribution in [0.15, 0.2) is 20.6 Å². The van der Waals surface area contributed by atoms with Crippen molar-refractivity contribution in [2.75, 3.05) is 19.6 Å². The van der Waals surface area contributed by atoms with Gasteiger partial charge in [0.25, 0.3) is 0 Å². The molecule has 3 aliphatic heterocycles. The summed E-state index contributed by atoms with van der Waals surface area (Å²) in [5.74, 6) is 1.63. The fourth-order valence-electron chi connectivity index (χ4n) is 3.31. The molecule has 0 aliphatic carbocycles. The molecule has 24 heavy (non-hydrogen) atoms. The Morgan fingerprint density at radius 3 is 3.12 bits per heavy atom. The minimum Gasteiger partial charge on any atom is -0.337 e. The van der Waals surface area contributed by atoms with Crippen molar-refractivity contribution in [3.63, 3.8) is 0 Å². The molecular weight excluding hydrogens is 326 g/mol. The number of carbonyl (C=O) groups is 1. The number of rotatable bonds is 4. The van der Waals surface area contributed by atoms with Gasteiger partial charge >= 0.3 is 0 Å². The third-order valence-corrected chi connectivity index (χ3v) is 5.56. The second-order valence-corrected chi connectivity index (χ2v) is 7.45. The van der Waals surface area contributed by atoms with Gasteiger partial charge in [0.05, 0.1) is 13.0 Å². The number of amides is 1. The van der Waals surface area contributed by atoms with Gasteiger partial charge in [0.15, 0.2) is 11.0 Å². The minimum atomic E-state index is -0.0844. The molecule has 0 saturated carbocycles. The van der Waals surface area contributed by atoms with Crippen LogP contribution >= 0.6 is 11.8 Å². The van der Waals surface area contributed by atoms with E-state index in [9.17, 15) is 4.79 Å². The van der Waals surface area contributed by atoms with Crippen LogP contribution in [-0.2, 0) is 4.79 Å². The maximum atomic E-state index is 12.8. The second kappa shape index (κ2) is 6.23. The van der Waals surface area contributed by atoms with E-state index >= 15 is 0 Å². The Balaban J connectivity index is 1.46. The highest BCUT2D eigenvalue weighted by atomic mass is 32.2. The molecule has 128 valence electrons. The van der Waals surface area contributed by atoms with Crippen LogP contribution in [0, 0.1) is 0 Å². The summed E-state index contributed by atoms with van der Waals surface area (Å²) in [7, 11) is 0. The standard InChI is InChI=1S/C16H21N5O2S/c1-10(2)14-18-15(23-19-14)12-4-3-6-21(12)13(22)8-11-9-24-16-17-5-7-20(11)16/h9-10,12H,3-8H2,1-2H3/t12-/m0/s1. The summed E-state index contributed by atoms with van der Waals surface area (Å²) in [4.78, 5) is 25.8. The van der Waals surface area contributed by atoms with E-state index in [0.29, 0.717) is 18.1 Å². The van der Waals surface area contributed by atoms with Gasteiger partial charge in [-0.2, -0.15) is 4.98 Å². The van der Waals surface area contributed by atoms with Crippen LogP contribution < -0.4 is 0 Å². The molecule has 0 bridgehead atoms. The largest absolute Gasteiger partial charge is 0.337 e. The Labute approximate surface area is 145 Å². The molecule has 4 rings (SSSR count). The summed E-state index contributed by atoms with van der Waals surface area (Å²) in [5, 5.41) is 7.11. The Morgan fingerprint density at radius 2 is 2.33 bits per heavy atom. The van der Waals surface area contributed by atoms with E-state index in [2.05, 4.69) is 20.0 Å². The number of nitrogens with zero attached hydrogens (tertiary/aromatic N) is 5. The summed E-state index contributed by atoms with van der Waals surface area (Å²) in [6.45, 7) is 6.52. The first-order valence-electron chi connectivity index (χ1n) is 8.44. The molecule has 0 radical (unpaired) electrons. The molecule has 0 aromatic carbocycles.